The summed E-state index contributed by atoms with van der Waals surface area (Å²) in [7, 11) is 0. The molecule has 20 heavy (non-hydrogen) atoms. The first-order valence-electron chi connectivity index (χ1n) is 5.94. The van der Waals surface area contributed by atoms with E-state index in [1.54, 1.807) is 12.1 Å². The number of nitrogens with two attached hydrogens (primary N) is 1. The Balaban J connectivity index is 2.15. The summed E-state index contributed by atoms with van der Waals surface area (Å²) in [6.45, 7) is 2.09. The Labute approximate surface area is 130 Å². The number of aryl methyl sites for hydroxylation is 1. The van der Waals surface area contributed by atoms with Gasteiger partial charge >= 0.3 is 0 Å². The van der Waals surface area contributed by atoms with Crippen molar-refractivity contribution >= 4 is 33.1 Å². The number of ether oxygens (including phenoxy) is 1. The van der Waals surface area contributed by atoms with Crippen LogP contribution < -0.4 is 10.5 Å². The highest BCUT2D eigenvalue weighted by molar-refractivity contribution is 9.10. The molecule has 0 spiro atoms. The van der Waals surface area contributed by atoms with Crippen LogP contribution in [-0.2, 0) is 6.61 Å². The van der Waals surface area contributed by atoms with E-state index in [-0.39, 0.29) is 17.4 Å². The van der Waals surface area contributed by atoms with Crippen LogP contribution in [0.25, 0.3) is 0 Å². The Morgan fingerprint density at radius 2 is 2.05 bits per heavy atom. The van der Waals surface area contributed by atoms with Crippen LogP contribution in [0.2, 0.25) is 0 Å². The fourth-order valence-electron chi connectivity index (χ4n) is 1.70. The summed E-state index contributed by atoms with van der Waals surface area (Å²) in [4.78, 5) is 0.180. The van der Waals surface area contributed by atoms with Gasteiger partial charge in [0.15, 0.2) is 0 Å². The Morgan fingerprint density at radius 1 is 1.30 bits per heavy atom. The lowest BCUT2D eigenvalue weighted by atomic mass is 10.1. The lowest BCUT2D eigenvalue weighted by Crippen LogP contribution is -2.10. The fraction of sp³-hybridized carbons (Fsp3) is 0.133. The second-order valence-corrected chi connectivity index (χ2v) is 5.72. The van der Waals surface area contributed by atoms with Crippen molar-refractivity contribution in [1.29, 1.82) is 0 Å². The summed E-state index contributed by atoms with van der Waals surface area (Å²) >= 11 is 8.19. The smallest absolute Gasteiger partial charge is 0.130 e. The predicted molar refractivity (Wildman–Crippen MR) is 85.5 cm³/mol. The van der Waals surface area contributed by atoms with Gasteiger partial charge in [0.05, 0.1) is 0 Å². The zero-order valence-electron chi connectivity index (χ0n) is 10.8. The topological polar surface area (TPSA) is 35.2 Å². The van der Waals surface area contributed by atoms with E-state index in [0.717, 1.165) is 15.8 Å². The first-order valence-corrected chi connectivity index (χ1v) is 7.14. The quantitative estimate of drug-likeness (QED) is 0.840. The molecule has 0 fully saturated rings. The van der Waals surface area contributed by atoms with Gasteiger partial charge in [-0.25, -0.2) is 4.39 Å². The van der Waals surface area contributed by atoms with Crippen LogP contribution >= 0.6 is 28.1 Å². The maximum Gasteiger partial charge on any atom is 0.130 e. The van der Waals surface area contributed by atoms with Crippen molar-refractivity contribution in [3.8, 4) is 5.75 Å². The number of hydrogen-bond acceptors (Lipinski definition) is 2. The summed E-state index contributed by atoms with van der Waals surface area (Å²) in [5, 5.41) is 0. The zero-order chi connectivity index (χ0) is 14.7. The molecule has 2 aromatic rings. The minimum Gasteiger partial charge on any atom is -0.488 e. The van der Waals surface area contributed by atoms with Crippen molar-refractivity contribution in [2.24, 2.45) is 5.73 Å². The summed E-state index contributed by atoms with van der Waals surface area (Å²) in [5.41, 5.74) is 7.43. The molecule has 0 atom stereocenters. The Bertz CT molecular complexity index is 660. The van der Waals surface area contributed by atoms with Crippen molar-refractivity contribution in [3.63, 3.8) is 0 Å². The van der Waals surface area contributed by atoms with Gasteiger partial charge in [0.1, 0.15) is 23.2 Å². The minimum absolute atomic E-state index is 0.154. The van der Waals surface area contributed by atoms with Crippen molar-refractivity contribution in [2.45, 2.75) is 13.5 Å². The zero-order valence-corrected chi connectivity index (χ0v) is 13.2. The van der Waals surface area contributed by atoms with Crippen molar-refractivity contribution in [1.82, 2.24) is 0 Å². The average molecular weight is 354 g/mol. The SMILES string of the molecule is Cc1ccc(Br)cc1OCc1ccc(C(N)=S)cc1F. The van der Waals surface area contributed by atoms with Crippen LogP contribution in [0.15, 0.2) is 40.9 Å². The molecule has 2 N–H and O–H groups in total. The Kier molecular flexibility index (Phi) is 4.73. The number of rotatable bonds is 4. The molecule has 2 rings (SSSR count). The molecule has 0 saturated heterocycles. The number of thiocarbonyl (C=S) groups is 1. The van der Waals surface area contributed by atoms with Crippen LogP contribution in [0.1, 0.15) is 16.7 Å². The van der Waals surface area contributed by atoms with Crippen LogP contribution in [0.5, 0.6) is 5.75 Å². The molecule has 0 aliphatic rings. The first kappa shape index (κ1) is 14.9. The number of hydrogen-bond donors (Lipinski definition) is 1. The Morgan fingerprint density at radius 3 is 2.70 bits per heavy atom. The van der Waals surface area contributed by atoms with E-state index in [0.29, 0.717) is 11.1 Å². The fourth-order valence-corrected chi connectivity index (χ4v) is 2.17. The molecule has 0 unspecified atom stereocenters. The molecule has 0 heterocycles. The van der Waals surface area contributed by atoms with Crippen molar-refractivity contribution < 1.29 is 9.13 Å². The second kappa shape index (κ2) is 6.33. The second-order valence-electron chi connectivity index (χ2n) is 4.37. The molecule has 0 aromatic heterocycles. The van der Waals surface area contributed by atoms with Gasteiger partial charge in [-0.15, -0.1) is 0 Å². The standard InChI is InChI=1S/C15H13BrFNOS/c1-9-2-5-12(16)7-14(9)19-8-11-4-3-10(15(18)20)6-13(11)17/h2-7H,8H2,1H3,(H2,18,20). The molecule has 2 aromatic carbocycles. The molecule has 0 radical (unpaired) electrons. The van der Waals surface area contributed by atoms with Crippen molar-refractivity contribution in [2.75, 3.05) is 0 Å². The molecular formula is C15H13BrFNOS. The van der Waals surface area contributed by atoms with Gasteiger partial charge in [0.25, 0.3) is 0 Å². The maximum atomic E-state index is 13.9. The van der Waals surface area contributed by atoms with E-state index < -0.39 is 0 Å². The molecule has 2 nitrogen and oxygen atoms in total. The van der Waals surface area contributed by atoms with E-state index in [1.807, 2.05) is 25.1 Å². The third-order valence-corrected chi connectivity index (χ3v) is 3.60. The summed E-state index contributed by atoms with van der Waals surface area (Å²) < 4.78 is 20.5. The molecular weight excluding hydrogens is 341 g/mol. The van der Waals surface area contributed by atoms with Gasteiger partial charge in [-0.3, -0.25) is 0 Å². The number of halogens is 2. The van der Waals surface area contributed by atoms with E-state index in [9.17, 15) is 4.39 Å². The molecule has 0 aliphatic carbocycles. The van der Waals surface area contributed by atoms with Crippen molar-refractivity contribution in [3.05, 3.63) is 63.4 Å². The van der Waals surface area contributed by atoms with Gasteiger partial charge in [-0.2, -0.15) is 0 Å². The van der Waals surface area contributed by atoms with Gasteiger partial charge in [0.2, 0.25) is 0 Å². The summed E-state index contributed by atoms with van der Waals surface area (Å²) in [6.07, 6.45) is 0. The summed E-state index contributed by atoms with van der Waals surface area (Å²) in [5.74, 6) is 0.347. The first-order chi connectivity index (χ1) is 9.47. The third-order valence-electron chi connectivity index (χ3n) is 2.87. The molecule has 0 amide bonds. The van der Waals surface area contributed by atoms with E-state index in [4.69, 9.17) is 22.7 Å². The van der Waals surface area contributed by atoms with E-state index in [2.05, 4.69) is 15.9 Å². The average Bonchev–Trinajstić information content (AvgIpc) is 2.40. The van der Waals surface area contributed by atoms with Crippen LogP contribution in [0.4, 0.5) is 4.39 Å². The molecule has 0 saturated carbocycles. The predicted octanol–water partition coefficient (Wildman–Crippen LogP) is 4.11. The lowest BCUT2D eigenvalue weighted by Gasteiger charge is -2.11. The summed E-state index contributed by atoms with van der Waals surface area (Å²) in [6, 6.07) is 10.4. The van der Waals surface area contributed by atoms with Gasteiger partial charge in [0, 0.05) is 15.6 Å². The van der Waals surface area contributed by atoms with Crippen LogP contribution in [0, 0.1) is 12.7 Å². The molecule has 0 bridgehead atoms. The van der Waals surface area contributed by atoms with Gasteiger partial charge < -0.3 is 10.5 Å². The monoisotopic (exact) mass is 353 g/mol. The van der Waals surface area contributed by atoms with Crippen LogP contribution in [0.3, 0.4) is 0 Å². The normalized spacial score (nSPS) is 10.3. The largest absolute Gasteiger partial charge is 0.488 e. The molecule has 0 aliphatic heterocycles. The minimum atomic E-state index is -0.372. The van der Waals surface area contributed by atoms with Gasteiger partial charge in [-0.1, -0.05) is 46.3 Å². The highest BCUT2D eigenvalue weighted by Crippen LogP contribution is 2.24. The Hall–Kier alpha value is -1.46. The lowest BCUT2D eigenvalue weighted by molar-refractivity contribution is 0.297. The third kappa shape index (κ3) is 3.55. The number of benzene rings is 2. The highest BCUT2D eigenvalue weighted by Gasteiger charge is 2.07. The van der Waals surface area contributed by atoms with Gasteiger partial charge in [-0.05, 0) is 30.7 Å². The highest BCUT2D eigenvalue weighted by atomic mass is 79.9. The maximum absolute atomic E-state index is 13.9. The molecule has 104 valence electrons. The molecule has 5 heteroatoms. The van der Waals surface area contributed by atoms with E-state index >= 15 is 0 Å². The van der Waals surface area contributed by atoms with E-state index in [1.165, 1.54) is 6.07 Å². The van der Waals surface area contributed by atoms with Crippen LogP contribution in [-0.4, -0.2) is 4.99 Å².